The van der Waals surface area contributed by atoms with Crippen LogP contribution in [0.4, 0.5) is 0 Å². The molecule has 0 radical (unpaired) electrons. The Kier molecular flexibility index (Phi) is 3.89. The van der Waals surface area contributed by atoms with Gasteiger partial charge in [0.1, 0.15) is 0 Å². The number of nitrogens with one attached hydrogen (secondary N) is 1. The van der Waals surface area contributed by atoms with Gasteiger partial charge in [0.25, 0.3) is 0 Å². The number of hydrogen-bond acceptors (Lipinski definition) is 2. The van der Waals surface area contributed by atoms with E-state index in [9.17, 15) is 0 Å². The molecule has 2 aromatic rings. The predicted octanol–water partition coefficient (Wildman–Crippen LogP) is 3.09. The molecular formula is C15H18N2. The quantitative estimate of drug-likeness (QED) is 0.866. The normalized spacial score (nSPS) is 12.4. The topological polar surface area (TPSA) is 24.9 Å². The maximum Gasteiger partial charge on any atom is 0.0751 e. The number of aryl methyl sites for hydroxylation is 1. The van der Waals surface area contributed by atoms with E-state index in [0.29, 0.717) is 0 Å². The molecule has 17 heavy (non-hydrogen) atoms. The van der Waals surface area contributed by atoms with Crippen molar-refractivity contribution in [2.45, 2.75) is 19.9 Å². The van der Waals surface area contributed by atoms with Crippen molar-refractivity contribution in [2.24, 2.45) is 0 Å². The summed E-state index contributed by atoms with van der Waals surface area (Å²) in [6.07, 6.45) is 1.84. The molecule has 1 unspecified atom stereocenters. The summed E-state index contributed by atoms with van der Waals surface area (Å²) in [7, 11) is 0. The Balaban J connectivity index is 2.32. The number of nitrogens with zero attached hydrogens (tertiary/aromatic N) is 1. The summed E-state index contributed by atoms with van der Waals surface area (Å²) in [5.74, 6) is 0. The first-order valence-corrected chi connectivity index (χ1v) is 6.02. The fraction of sp³-hybridized carbons (Fsp3) is 0.267. The van der Waals surface area contributed by atoms with Gasteiger partial charge in [-0.15, -0.1) is 0 Å². The van der Waals surface area contributed by atoms with Crippen LogP contribution in [0.1, 0.15) is 29.8 Å². The van der Waals surface area contributed by atoms with Crippen LogP contribution in [0.2, 0.25) is 0 Å². The molecule has 0 aliphatic rings. The monoisotopic (exact) mass is 226 g/mol. The van der Waals surface area contributed by atoms with Gasteiger partial charge in [-0.05, 0) is 31.2 Å². The van der Waals surface area contributed by atoms with E-state index < -0.39 is 0 Å². The highest BCUT2D eigenvalue weighted by atomic mass is 14.9. The van der Waals surface area contributed by atoms with Crippen molar-refractivity contribution in [2.75, 3.05) is 6.54 Å². The van der Waals surface area contributed by atoms with E-state index in [1.165, 1.54) is 11.1 Å². The van der Waals surface area contributed by atoms with Crippen LogP contribution in [0.15, 0.2) is 48.7 Å². The first kappa shape index (κ1) is 11.8. The van der Waals surface area contributed by atoms with Gasteiger partial charge in [-0.3, -0.25) is 4.98 Å². The van der Waals surface area contributed by atoms with Crippen molar-refractivity contribution >= 4 is 0 Å². The number of rotatable bonds is 4. The third-order valence-corrected chi connectivity index (χ3v) is 2.80. The summed E-state index contributed by atoms with van der Waals surface area (Å²) in [5.41, 5.74) is 3.61. The van der Waals surface area contributed by atoms with Crippen LogP contribution in [0.25, 0.3) is 0 Å². The van der Waals surface area contributed by atoms with Crippen molar-refractivity contribution in [3.8, 4) is 0 Å². The van der Waals surface area contributed by atoms with Crippen LogP contribution >= 0.6 is 0 Å². The summed E-state index contributed by atoms with van der Waals surface area (Å²) < 4.78 is 0. The molecule has 0 aliphatic heterocycles. The second-order valence-corrected chi connectivity index (χ2v) is 4.16. The highest BCUT2D eigenvalue weighted by Crippen LogP contribution is 2.20. The maximum atomic E-state index is 4.43. The van der Waals surface area contributed by atoms with Gasteiger partial charge in [-0.25, -0.2) is 0 Å². The lowest BCUT2D eigenvalue weighted by molar-refractivity contribution is 0.615. The molecule has 2 nitrogen and oxygen atoms in total. The van der Waals surface area contributed by atoms with Gasteiger partial charge in [0.2, 0.25) is 0 Å². The summed E-state index contributed by atoms with van der Waals surface area (Å²) in [6, 6.07) is 14.8. The minimum atomic E-state index is 0.182. The first-order chi connectivity index (χ1) is 8.31. The second-order valence-electron chi connectivity index (χ2n) is 4.16. The van der Waals surface area contributed by atoms with Crippen LogP contribution < -0.4 is 5.32 Å². The van der Waals surface area contributed by atoms with Crippen LogP contribution in [0, 0.1) is 6.92 Å². The largest absolute Gasteiger partial charge is 0.305 e. The van der Waals surface area contributed by atoms with Gasteiger partial charge < -0.3 is 5.32 Å². The molecule has 0 amide bonds. The fourth-order valence-corrected chi connectivity index (χ4v) is 1.90. The Bertz CT molecular complexity index is 448. The highest BCUT2D eigenvalue weighted by molar-refractivity contribution is 5.30. The third-order valence-electron chi connectivity index (χ3n) is 2.80. The lowest BCUT2D eigenvalue weighted by Crippen LogP contribution is -2.22. The Morgan fingerprint density at radius 1 is 1.12 bits per heavy atom. The molecule has 1 N–H and O–H groups in total. The molecule has 88 valence electrons. The molecule has 0 spiro atoms. The van der Waals surface area contributed by atoms with Crippen molar-refractivity contribution < 1.29 is 0 Å². The molecule has 1 heterocycles. The Morgan fingerprint density at radius 3 is 2.47 bits per heavy atom. The van der Waals surface area contributed by atoms with Crippen molar-refractivity contribution in [3.05, 3.63) is 65.5 Å². The molecule has 0 bridgehead atoms. The van der Waals surface area contributed by atoms with Crippen LogP contribution in [-0.4, -0.2) is 11.5 Å². The maximum absolute atomic E-state index is 4.43. The van der Waals surface area contributed by atoms with Gasteiger partial charge in [0.15, 0.2) is 0 Å². The van der Waals surface area contributed by atoms with E-state index in [4.69, 9.17) is 0 Å². The molecule has 0 saturated carbocycles. The molecule has 2 heteroatoms. The smallest absolute Gasteiger partial charge is 0.0751 e. The average Bonchev–Trinajstić information content (AvgIpc) is 2.38. The molecule has 0 fully saturated rings. The molecule has 1 aromatic heterocycles. The molecule has 2 rings (SSSR count). The number of aromatic nitrogens is 1. The SMILES string of the molecule is CCNC(c1ccc(C)cc1)c1ccccn1. The van der Waals surface area contributed by atoms with Crippen molar-refractivity contribution in [3.63, 3.8) is 0 Å². The molecule has 0 aliphatic carbocycles. The fourth-order valence-electron chi connectivity index (χ4n) is 1.90. The summed E-state index contributed by atoms with van der Waals surface area (Å²) in [6.45, 7) is 5.14. The first-order valence-electron chi connectivity index (χ1n) is 6.02. The predicted molar refractivity (Wildman–Crippen MR) is 70.9 cm³/mol. The zero-order valence-electron chi connectivity index (χ0n) is 10.4. The molecule has 0 saturated heterocycles. The number of hydrogen-bond donors (Lipinski definition) is 1. The summed E-state index contributed by atoms with van der Waals surface area (Å²) >= 11 is 0. The van der Waals surface area contributed by atoms with E-state index in [2.05, 4.69) is 54.5 Å². The van der Waals surface area contributed by atoms with Gasteiger partial charge in [0.05, 0.1) is 11.7 Å². The van der Waals surface area contributed by atoms with Crippen molar-refractivity contribution in [1.29, 1.82) is 0 Å². The lowest BCUT2D eigenvalue weighted by atomic mass is 10.0. The van der Waals surface area contributed by atoms with Crippen LogP contribution in [-0.2, 0) is 0 Å². The average molecular weight is 226 g/mol. The van der Waals surface area contributed by atoms with E-state index in [0.717, 1.165) is 12.2 Å². The standard InChI is InChI=1S/C15H18N2/c1-3-16-15(14-6-4-5-11-17-14)13-9-7-12(2)8-10-13/h4-11,15-16H,3H2,1-2H3. The minimum Gasteiger partial charge on any atom is -0.305 e. The highest BCUT2D eigenvalue weighted by Gasteiger charge is 2.13. The van der Waals surface area contributed by atoms with Crippen molar-refractivity contribution in [1.82, 2.24) is 10.3 Å². The second kappa shape index (κ2) is 5.60. The van der Waals surface area contributed by atoms with E-state index in [1.807, 2.05) is 18.3 Å². The Morgan fingerprint density at radius 2 is 1.88 bits per heavy atom. The van der Waals surface area contributed by atoms with Crippen LogP contribution in [0.3, 0.4) is 0 Å². The Labute approximate surface area is 103 Å². The zero-order valence-corrected chi connectivity index (χ0v) is 10.4. The van der Waals surface area contributed by atoms with Gasteiger partial charge in [0, 0.05) is 6.20 Å². The third kappa shape index (κ3) is 2.92. The van der Waals surface area contributed by atoms with Crippen LogP contribution in [0.5, 0.6) is 0 Å². The number of pyridine rings is 1. The summed E-state index contributed by atoms with van der Waals surface area (Å²) in [5, 5.41) is 3.47. The summed E-state index contributed by atoms with van der Waals surface area (Å²) in [4.78, 5) is 4.43. The molecule has 1 aromatic carbocycles. The van der Waals surface area contributed by atoms with Gasteiger partial charge in [-0.2, -0.15) is 0 Å². The lowest BCUT2D eigenvalue weighted by Gasteiger charge is -2.17. The number of benzene rings is 1. The van der Waals surface area contributed by atoms with E-state index >= 15 is 0 Å². The van der Waals surface area contributed by atoms with Gasteiger partial charge in [-0.1, -0.05) is 42.8 Å². The molecule has 1 atom stereocenters. The minimum absolute atomic E-state index is 0.182. The van der Waals surface area contributed by atoms with E-state index in [1.54, 1.807) is 0 Å². The zero-order chi connectivity index (χ0) is 12.1. The van der Waals surface area contributed by atoms with E-state index in [-0.39, 0.29) is 6.04 Å². The molecular weight excluding hydrogens is 208 g/mol. The van der Waals surface area contributed by atoms with Gasteiger partial charge >= 0.3 is 0 Å². The Hall–Kier alpha value is -1.67.